The van der Waals surface area contributed by atoms with Gasteiger partial charge in [-0.1, -0.05) is 6.58 Å². The number of esters is 2. The van der Waals surface area contributed by atoms with E-state index in [9.17, 15) is 9.59 Å². The van der Waals surface area contributed by atoms with Gasteiger partial charge in [-0.2, -0.15) is 0 Å². The topological polar surface area (TPSA) is 65.1 Å². The molecule has 1 saturated heterocycles. The molecule has 1 aliphatic rings. The molecule has 1 atom stereocenters. The number of carbonyl (C=O) groups is 2. The van der Waals surface area contributed by atoms with Crippen molar-refractivity contribution < 1.29 is 23.8 Å². The molecule has 5 nitrogen and oxygen atoms in total. The van der Waals surface area contributed by atoms with Crippen LogP contribution < -0.4 is 0 Å². The number of rotatable bonds is 6. The van der Waals surface area contributed by atoms with Crippen LogP contribution in [0.15, 0.2) is 10.2 Å². The van der Waals surface area contributed by atoms with Gasteiger partial charge < -0.3 is 14.2 Å². The van der Waals surface area contributed by atoms with Gasteiger partial charge in [-0.25, -0.2) is 4.79 Å². The van der Waals surface area contributed by atoms with E-state index in [-0.39, 0.29) is 31.7 Å². The number of halogens is 1. The number of ether oxygens (including phenoxy) is 3. The van der Waals surface area contributed by atoms with Crippen molar-refractivity contribution in [2.24, 2.45) is 0 Å². The first-order valence-corrected chi connectivity index (χ1v) is 5.46. The average molecular weight is 326 g/mol. The van der Waals surface area contributed by atoms with E-state index in [2.05, 4.69) is 6.58 Å². The second-order valence-electron chi connectivity index (χ2n) is 2.92. The Morgan fingerprint density at radius 3 is 2.53 bits per heavy atom. The Morgan fingerprint density at radius 1 is 1.40 bits per heavy atom. The number of hydrogen-bond acceptors (Lipinski definition) is 5. The lowest BCUT2D eigenvalue weighted by Crippen LogP contribution is -2.14. The molecule has 15 heavy (non-hydrogen) atoms. The summed E-state index contributed by atoms with van der Waals surface area (Å²) in [4.78, 5) is 21.9. The second-order valence-corrected chi connectivity index (χ2v) is 4.22. The van der Waals surface area contributed by atoms with Gasteiger partial charge in [0.25, 0.3) is 0 Å². The molecule has 0 amide bonds. The molecule has 1 rings (SSSR count). The van der Waals surface area contributed by atoms with Crippen LogP contribution in [-0.4, -0.2) is 37.9 Å². The quantitative estimate of drug-likeness (QED) is 0.238. The van der Waals surface area contributed by atoms with Crippen molar-refractivity contribution in [1.82, 2.24) is 0 Å². The van der Waals surface area contributed by atoms with Crippen molar-refractivity contribution >= 4 is 34.5 Å². The van der Waals surface area contributed by atoms with E-state index in [1.807, 2.05) is 0 Å². The molecule has 1 fully saturated rings. The zero-order chi connectivity index (χ0) is 11.3. The minimum Gasteiger partial charge on any atom is -0.462 e. The molecule has 0 radical (unpaired) electrons. The highest BCUT2D eigenvalue weighted by Gasteiger charge is 2.26. The van der Waals surface area contributed by atoms with E-state index in [4.69, 9.17) is 14.2 Å². The fourth-order valence-corrected chi connectivity index (χ4v) is 0.955. The lowest BCUT2D eigenvalue weighted by molar-refractivity contribution is -0.150. The molecule has 0 N–H and O–H groups in total. The Balaban J connectivity index is 1.98. The fraction of sp³-hybridized carbons (Fsp3) is 0.556. The van der Waals surface area contributed by atoms with Gasteiger partial charge in [-0.05, 0) is 22.6 Å². The molecule has 1 heterocycles. The van der Waals surface area contributed by atoms with E-state index in [1.54, 1.807) is 22.6 Å². The molecule has 0 saturated carbocycles. The number of epoxide rings is 1. The van der Waals surface area contributed by atoms with Crippen molar-refractivity contribution in [3.8, 4) is 0 Å². The van der Waals surface area contributed by atoms with Crippen LogP contribution in [0.5, 0.6) is 0 Å². The Bertz CT molecular complexity index is 272. The molecule has 0 aromatic rings. The van der Waals surface area contributed by atoms with E-state index >= 15 is 0 Å². The minimum absolute atomic E-state index is 0.0224. The third-order valence-electron chi connectivity index (χ3n) is 1.60. The normalized spacial score (nSPS) is 18.1. The van der Waals surface area contributed by atoms with Gasteiger partial charge in [0.05, 0.1) is 22.7 Å². The van der Waals surface area contributed by atoms with Gasteiger partial charge in [0.15, 0.2) is 0 Å². The summed E-state index contributed by atoms with van der Waals surface area (Å²) >= 11 is 1.76. The first-order valence-electron chi connectivity index (χ1n) is 4.38. The van der Waals surface area contributed by atoms with Crippen LogP contribution in [0.4, 0.5) is 0 Å². The summed E-state index contributed by atoms with van der Waals surface area (Å²) in [5, 5.41) is 0. The fourth-order valence-electron chi connectivity index (χ4n) is 0.799. The third kappa shape index (κ3) is 5.73. The zero-order valence-electron chi connectivity index (χ0n) is 8.03. The van der Waals surface area contributed by atoms with Crippen molar-refractivity contribution in [1.29, 1.82) is 0 Å². The summed E-state index contributed by atoms with van der Waals surface area (Å²) in [6, 6.07) is 0. The van der Waals surface area contributed by atoms with Gasteiger partial charge in [0, 0.05) is 0 Å². The SMILES string of the molecule is C=C(I)C(=O)OCCOC(=O)CC1CO1. The maximum atomic E-state index is 11.0. The van der Waals surface area contributed by atoms with E-state index in [1.165, 1.54) is 0 Å². The highest BCUT2D eigenvalue weighted by Crippen LogP contribution is 2.13. The van der Waals surface area contributed by atoms with Crippen molar-refractivity contribution in [2.75, 3.05) is 19.8 Å². The Morgan fingerprint density at radius 2 is 2.00 bits per heavy atom. The highest BCUT2D eigenvalue weighted by atomic mass is 127. The molecule has 1 unspecified atom stereocenters. The van der Waals surface area contributed by atoms with Crippen molar-refractivity contribution in [3.05, 3.63) is 10.2 Å². The number of carbonyl (C=O) groups excluding carboxylic acids is 2. The van der Waals surface area contributed by atoms with E-state index < -0.39 is 5.97 Å². The number of hydrogen-bond donors (Lipinski definition) is 0. The maximum Gasteiger partial charge on any atom is 0.343 e. The summed E-state index contributed by atoms with van der Waals surface area (Å²) in [6.45, 7) is 4.15. The second kappa shape index (κ2) is 6.06. The van der Waals surface area contributed by atoms with Gasteiger partial charge in [0.2, 0.25) is 0 Å². The van der Waals surface area contributed by atoms with Crippen LogP contribution >= 0.6 is 22.6 Å². The zero-order valence-corrected chi connectivity index (χ0v) is 10.2. The minimum atomic E-state index is -0.489. The van der Waals surface area contributed by atoms with E-state index in [0.29, 0.717) is 10.2 Å². The summed E-state index contributed by atoms with van der Waals surface area (Å²) in [5.74, 6) is -0.820. The summed E-state index contributed by atoms with van der Waals surface area (Å²) in [6.07, 6.45) is 0.293. The van der Waals surface area contributed by atoms with Crippen LogP contribution in [0.1, 0.15) is 6.42 Å². The maximum absolute atomic E-state index is 11.0. The predicted octanol–water partition coefficient (Wildman–Crippen LogP) is 0.810. The molecule has 0 spiro atoms. The first kappa shape index (κ1) is 12.4. The van der Waals surface area contributed by atoms with Crippen LogP contribution in [-0.2, 0) is 23.8 Å². The summed E-state index contributed by atoms with van der Waals surface area (Å²) in [5.41, 5.74) is 0. The Kier molecular flexibility index (Phi) is 5.03. The molecule has 0 aliphatic carbocycles. The Hall–Kier alpha value is -0.630. The average Bonchev–Trinajstić information content (AvgIpc) is 2.95. The molecular weight excluding hydrogens is 315 g/mol. The molecule has 1 aliphatic heterocycles. The molecular formula is C9H11IO5. The third-order valence-corrected chi connectivity index (χ3v) is 2.04. The molecule has 0 aromatic carbocycles. The highest BCUT2D eigenvalue weighted by molar-refractivity contribution is 14.1. The van der Waals surface area contributed by atoms with Crippen molar-refractivity contribution in [3.63, 3.8) is 0 Å². The van der Waals surface area contributed by atoms with Gasteiger partial charge in [0.1, 0.15) is 13.2 Å². The van der Waals surface area contributed by atoms with E-state index in [0.717, 1.165) is 0 Å². The molecule has 6 heteroatoms. The summed E-state index contributed by atoms with van der Waals surface area (Å²) in [7, 11) is 0. The van der Waals surface area contributed by atoms with Gasteiger partial charge in [-0.3, -0.25) is 4.79 Å². The van der Waals surface area contributed by atoms with Crippen LogP contribution in [0.25, 0.3) is 0 Å². The molecule has 0 aromatic heterocycles. The largest absolute Gasteiger partial charge is 0.462 e. The van der Waals surface area contributed by atoms with Crippen LogP contribution in [0.3, 0.4) is 0 Å². The van der Waals surface area contributed by atoms with Crippen LogP contribution in [0, 0.1) is 0 Å². The molecule has 0 bridgehead atoms. The Labute approximate surface area is 101 Å². The predicted molar refractivity (Wildman–Crippen MR) is 59.4 cm³/mol. The van der Waals surface area contributed by atoms with Gasteiger partial charge in [-0.15, -0.1) is 0 Å². The monoisotopic (exact) mass is 326 g/mol. The van der Waals surface area contributed by atoms with Crippen molar-refractivity contribution in [2.45, 2.75) is 12.5 Å². The summed E-state index contributed by atoms with van der Waals surface area (Å²) < 4.78 is 14.7. The molecule has 84 valence electrons. The lowest BCUT2D eigenvalue weighted by atomic mass is 10.3. The lowest BCUT2D eigenvalue weighted by Gasteiger charge is -2.04. The standard InChI is InChI=1S/C9H11IO5/c1-6(10)9(12)14-3-2-13-8(11)4-7-5-15-7/h7H,1-5H2. The smallest absolute Gasteiger partial charge is 0.343 e. The van der Waals surface area contributed by atoms with Crippen LogP contribution in [0.2, 0.25) is 0 Å². The first-order chi connectivity index (χ1) is 7.09. The van der Waals surface area contributed by atoms with Gasteiger partial charge >= 0.3 is 11.9 Å².